The molecule has 0 radical (unpaired) electrons. The predicted molar refractivity (Wildman–Crippen MR) is 85.2 cm³/mol. The van der Waals surface area contributed by atoms with Gasteiger partial charge in [-0.2, -0.15) is 10.1 Å². The number of aromatic nitrogens is 4. The van der Waals surface area contributed by atoms with Crippen molar-refractivity contribution in [3.05, 3.63) is 35.5 Å². The summed E-state index contributed by atoms with van der Waals surface area (Å²) in [6, 6.07) is 7.72. The van der Waals surface area contributed by atoms with Crippen molar-refractivity contribution in [3.8, 4) is 28.7 Å². The molecule has 1 aliphatic carbocycles. The fraction of sp³-hybridized carbons (Fsp3) is 0.312. The van der Waals surface area contributed by atoms with Crippen LogP contribution >= 0.6 is 11.6 Å². The smallest absolute Gasteiger partial charge is 0.277 e. The van der Waals surface area contributed by atoms with Gasteiger partial charge < -0.3 is 9.26 Å². The Balaban J connectivity index is 1.52. The van der Waals surface area contributed by atoms with Crippen LogP contribution in [0.1, 0.15) is 25.7 Å². The van der Waals surface area contributed by atoms with Crippen molar-refractivity contribution < 1.29 is 9.26 Å². The van der Waals surface area contributed by atoms with Crippen LogP contribution in [0, 0.1) is 0 Å². The molecule has 1 aromatic carbocycles. The van der Waals surface area contributed by atoms with Crippen molar-refractivity contribution in [2.45, 2.75) is 31.8 Å². The number of hydrogen-bond donors (Lipinski definition) is 1. The number of nitrogens with zero attached hydrogens (tertiary/aromatic N) is 3. The highest BCUT2D eigenvalue weighted by Crippen LogP contribution is 2.28. The van der Waals surface area contributed by atoms with E-state index < -0.39 is 0 Å². The highest BCUT2D eigenvalue weighted by molar-refractivity contribution is 6.32. The normalized spacial score (nSPS) is 15.2. The monoisotopic (exact) mass is 330 g/mol. The van der Waals surface area contributed by atoms with Crippen LogP contribution < -0.4 is 4.74 Å². The molecule has 118 valence electrons. The maximum atomic E-state index is 5.99. The van der Waals surface area contributed by atoms with Crippen LogP contribution in [-0.4, -0.2) is 26.4 Å². The van der Waals surface area contributed by atoms with Gasteiger partial charge in [0.05, 0.1) is 17.3 Å². The molecule has 0 amide bonds. The van der Waals surface area contributed by atoms with Crippen molar-refractivity contribution >= 4 is 11.6 Å². The number of benzene rings is 1. The first kappa shape index (κ1) is 14.3. The maximum Gasteiger partial charge on any atom is 0.277 e. The first-order valence-electron chi connectivity index (χ1n) is 7.59. The first-order chi connectivity index (χ1) is 11.3. The Morgan fingerprint density at radius 2 is 1.96 bits per heavy atom. The summed E-state index contributed by atoms with van der Waals surface area (Å²) >= 11 is 5.99. The van der Waals surface area contributed by atoms with Crippen LogP contribution in [0.3, 0.4) is 0 Å². The summed E-state index contributed by atoms with van der Waals surface area (Å²) in [6.45, 7) is 0. The number of H-pyrrole nitrogens is 1. The molecule has 0 unspecified atom stereocenters. The van der Waals surface area contributed by atoms with E-state index in [1.165, 1.54) is 19.0 Å². The lowest BCUT2D eigenvalue weighted by Crippen LogP contribution is -2.10. The lowest BCUT2D eigenvalue weighted by Gasteiger charge is -2.12. The predicted octanol–water partition coefficient (Wildman–Crippen LogP) is 4.10. The van der Waals surface area contributed by atoms with E-state index in [0.717, 1.165) is 24.2 Å². The second-order valence-corrected chi connectivity index (χ2v) is 5.97. The minimum absolute atomic E-state index is 0.314. The van der Waals surface area contributed by atoms with E-state index in [1.54, 1.807) is 0 Å². The molecule has 0 spiro atoms. The molecule has 3 aromatic rings. The molecule has 0 saturated heterocycles. The maximum absolute atomic E-state index is 5.99. The number of hydrogen-bond acceptors (Lipinski definition) is 5. The molecular formula is C16H15ClN4O2. The van der Waals surface area contributed by atoms with Crippen molar-refractivity contribution in [1.29, 1.82) is 0 Å². The fourth-order valence-electron chi connectivity index (χ4n) is 2.74. The van der Waals surface area contributed by atoms with Gasteiger partial charge in [-0.05, 0) is 49.9 Å². The van der Waals surface area contributed by atoms with Gasteiger partial charge in [-0.15, -0.1) is 0 Å². The Kier molecular flexibility index (Phi) is 3.75. The van der Waals surface area contributed by atoms with E-state index in [2.05, 4.69) is 20.3 Å². The summed E-state index contributed by atoms with van der Waals surface area (Å²) in [5, 5.41) is 11.0. The number of rotatable bonds is 4. The van der Waals surface area contributed by atoms with Gasteiger partial charge in [-0.1, -0.05) is 16.8 Å². The third-order valence-electron chi connectivity index (χ3n) is 3.95. The Morgan fingerprint density at radius 1 is 1.17 bits per heavy atom. The lowest BCUT2D eigenvalue weighted by molar-refractivity contribution is 0.210. The average molecular weight is 331 g/mol. The third-order valence-corrected chi connectivity index (χ3v) is 4.24. The molecule has 23 heavy (non-hydrogen) atoms. The molecule has 0 bridgehead atoms. The average Bonchev–Trinajstić information content (AvgIpc) is 3.29. The summed E-state index contributed by atoms with van der Waals surface area (Å²) in [5.74, 6) is 1.69. The SMILES string of the molecule is Clc1cn[nH]c1-c1nc(-c2ccc(OC3CCCC3)cc2)no1. The van der Waals surface area contributed by atoms with Gasteiger partial charge in [0.1, 0.15) is 11.4 Å². The molecule has 4 rings (SSSR count). The van der Waals surface area contributed by atoms with Crippen molar-refractivity contribution in [2.24, 2.45) is 0 Å². The van der Waals surface area contributed by atoms with E-state index in [0.29, 0.717) is 28.5 Å². The quantitative estimate of drug-likeness (QED) is 0.779. The standard InChI is InChI=1S/C16H15ClN4O2/c17-13-9-18-20-14(13)16-19-15(21-23-16)10-5-7-12(8-6-10)22-11-3-1-2-4-11/h5-9,11H,1-4H2,(H,18,20). The second kappa shape index (κ2) is 6.04. The van der Waals surface area contributed by atoms with Gasteiger partial charge in [0, 0.05) is 5.56 Å². The summed E-state index contributed by atoms with van der Waals surface area (Å²) < 4.78 is 11.2. The Bertz CT molecular complexity index is 791. The summed E-state index contributed by atoms with van der Waals surface area (Å²) in [5.41, 5.74) is 1.38. The van der Waals surface area contributed by atoms with E-state index in [4.69, 9.17) is 20.9 Å². The minimum atomic E-state index is 0.314. The van der Waals surface area contributed by atoms with Gasteiger partial charge in [0.15, 0.2) is 0 Å². The van der Waals surface area contributed by atoms with Crippen LogP contribution in [0.25, 0.3) is 23.0 Å². The summed E-state index contributed by atoms with van der Waals surface area (Å²) in [4.78, 5) is 4.34. The van der Waals surface area contributed by atoms with Gasteiger partial charge in [-0.25, -0.2) is 0 Å². The molecule has 2 heterocycles. The van der Waals surface area contributed by atoms with E-state index >= 15 is 0 Å². The van der Waals surface area contributed by atoms with Gasteiger partial charge in [0.2, 0.25) is 5.82 Å². The first-order valence-corrected chi connectivity index (χ1v) is 7.97. The summed E-state index contributed by atoms with van der Waals surface area (Å²) in [6.07, 6.45) is 6.63. The lowest BCUT2D eigenvalue weighted by atomic mass is 10.2. The van der Waals surface area contributed by atoms with Crippen LogP contribution in [-0.2, 0) is 0 Å². The van der Waals surface area contributed by atoms with Crippen LogP contribution in [0.5, 0.6) is 5.75 Å². The van der Waals surface area contributed by atoms with Gasteiger partial charge >= 0.3 is 0 Å². The molecule has 1 saturated carbocycles. The van der Waals surface area contributed by atoms with E-state index in [9.17, 15) is 0 Å². The van der Waals surface area contributed by atoms with Crippen LogP contribution in [0.2, 0.25) is 5.02 Å². The Morgan fingerprint density at radius 3 is 2.65 bits per heavy atom. The number of nitrogens with one attached hydrogen (secondary N) is 1. The zero-order valence-electron chi connectivity index (χ0n) is 12.3. The molecule has 1 aliphatic rings. The minimum Gasteiger partial charge on any atom is -0.490 e. The number of aromatic amines is 1. The highest BCUT2D eigenvalue weighted by atomic mass is 35.5. The number of ether oxygens (including phenoxy) is 1. The second-order valence-electron chi connectivity index (χ2n) is 5.56. The van der Waals surface area contributed by atoms with Crippen LogP contribution in [0.15, 0.2) is 35.0 Å². The molecule has 0 aliphatic heterocycles. The van der Waals surface area contributed by atoms with Crippen LogP contribution in [0.4, 0.5) is 0 Å². The summed E-state index contributed by atoms with van der Waals surface area (Å²) in [7, 11) is 0. The van der Waals surface area contributed by atoms with Crippen molar-refractivity contribution in [2.75, 3.05) is 0 Å². The molecule has 7 heteroatoms. The number of halogens is 1. The molecule has 0 atom stereocenters. The third kappa shape index (κ3) is 2.94. The fourth-order valence-corrected chi connectivity index (χ4v) is 2.92. The topological polar surface area (TPSA) is 76.8 Å². The zero-order valence-corrected chi connectivity index (χ0v) is 13.1. The van der Waals surface area contributed by atoms with Crippen molar-refractivity contribution in [3.63, 3.8) is 0 Å². The largest absolute Gasteiger partial charge is 0.490 e. The molecule has 1 fully saturated rings. The zero-order chi connectivity index (χ0) is 15.6. The Hall–Kier alpha value is -2.34. The molecule has 6 nitrogen and oxygen atoms in total. The molecule has 1 N–H and O–H groups in total. The van der Waals surface area contributed by atoms with E-state index in [-0.39, 0.29) is 0 Å². The van der Waals surface area contributed by atoms with Gasteiger partial charge in [0.25, 0.3) is 5.89 Å². The van der Waals surface area contributed by atoms with E-state index in [1.807, 2.05) is 24.3 Å². The van der Waals surface area contributed by atoms with Gasteiger partial charge in [-0.3, -0.25) is 5.10 Å². The Labute approximate surface area is 137 Å². The molecular weight excluding hydrogens is 316 g/mol. The highest BCUT2D eigenvalue weighted by Gasteiger charge is 2.17. The molecule has 2 aromatic heterocycles. The van der Waals surface area contributed by atoms with Crippen molar-refractivity contribution in [1.82, 2.24) is 20.3 Å².